The summed E-state index contributed by atoms with van der Waals surface area (Å²) >= 11 is 0. The van der Waals surface area contributed by atoms with E-state index in [9.17, 15) is 4.79 Å². The lowest BCUT2D eigenvalue weighted by molar-refractivity contribution is 0.109. The number of nitrogens with zero attached hydrogens (tertiary/aromatic N) is 3. The van der Waals surface area contributed by atoms with Crippen molar-refractivity contribution < 1.29 is 4.74 Å². The van der Waals surface area contributed by atoms with Gasteiger partial charge in [0.05, 0.1) is 16.9 Å². The Labute approximate surface area is 214 Å². The van der Waals surface area contributed by atoms with Crippen LogP contribution in [0.1, 0.15) is 63.6 Å². The van der Waals surface area contributed by atoms with Crippen LogP contribution >= 0.6 is 0 Å². The molecule has 0 unspecified atom stereocenters. The molecule has 1 saturated heterocycles. The fraction of sp³-hybridized carbons (Fsp3) is 0.517. The summed E-state index contributed by atoms with van der Waals surface area (Å²) in [5.74, 6) is 1.57. The van der Waals surface area contributed by atoms with E-state index in [-0.39, 0.29) is 17.7 Å². The predicted octanol–water partition coefficient (Wildman–Crippen LogP) is 4.19. The van der Waals surface area contributed by atoms with E-state index in [1.54, 1.807) is 4.57 Å². The molecule has 4 rings (SSSR count). The van der Waals surface area contributed by atoms with Crippen molar-refractivity contribution in [1.29, 1.82) is 0 Å². The molecule has 2 heterocycles. The van der Waals surface area contributed by atoms with Crippen LogP contribution in [0.25, 0.3) is 10.9 Å². The first kappa shape index (κ1) is 26.3. The number of fused-ring (bicyclic) bond motifs is 1. The summed E-state index contributed by atoms with van der Waals surface area (Å²) < 4.78 is 8.22. The Morgan fingerprint density at radius 3 is 2.50 bits per heavy atom. The van der Waals surface area contributed by atoms with Crippen LogP contribution in [0.5, 0.6) is 5.75 Å². The monoisotopic (exact) mass is 491 g/mol. The summed E-state index contributed by atoms with van der Waals surface area (Å²) in [7, 11) is 3.81. The topological polar surface area (TPSA) is 71.4 Å². The molecule has 0 saturated carbocycles. The molecular weight excluding hydrogens is 450 g/mol. The van der Waals surface area contributed by atoms with Crippen molar-refractivity contribution in [3.63, 3.8) is 0 Å². The third-order valence-corrected chi connectivity index (χ3v) is 7.08. The maximum Gasteiger partial charge on any atom is 0.261 e. The number of hydrogen-bond donors (Lipinski definition) is 2. The fourth-order valence-corrected chi connectivity index (χ4v) is 5.41. The van der Waals surface area contributed by atoms with E-state index in [2.05, 4.69) is 48.4 Å². The van der Waals surface area contributed by atoms with Crippen molar-refractivity contribution in [3.05, 3.63) is 70.3 Å². The van der Waals surface area contributed by atoms with E-state index in [0.29, 0.717) is 23.0 Å². The van der Waals surface area contributed by atoms with Gasteiger partial charge in [-0.05, 0) is 51.6 Å². The summed E-state index contributed by atoms with van der Waals surface area (Å²) in [6.45, 7) is 9.36. The number of nitrogens with one attached hydrogen (secondary N) is 2. The van der Waals surface area contributed by atoms with Gasteiger partial charge in [-0.1, -0.05) is 43.7 Å². The lowest BCUT2D eigenvalue weighted by Gasteiger charge is -2.41. The third-order valence-electron chi connectivity index (χ3n) is 7.08. The van der Waals surface area contributed by atoms with Gasteiger partial charge < -0.3 is 15.4 Å². The van der Waals surface area contributed by atoms with Crippen LogP contribution in [0.4, 0.5) is 0 Å². The zero-order valence-electron chi connectivity index (χ0n) is 22.3. The van der Waals surface area contributed by atoms with Gasteiger partial charge in [0.1, 0.15) is 17.7 Å². The van der Waals surface area contributed by atoms with E-state index in [1.165, 1.54) is 0 Å². The van der Waals surface area contributed by atoms with E-state index < -0.39 is 0 Å². The van der Waals surface area contributed by atoms with E-state index in [4.69, 9.17) is 9.72 Å². The summed E-state index contributed by atoms with van der Waals surface area (Å²) in [5.41, 5.74) is 1.83. The normalized spacial score (nSPS) is 20.4. The molecule has 7 nitrogen and oxygen atoms in total. The predicted molar refractivity (Wildman–Crippen MR) is 147 cm³/mol. The van der Waals surface area contributed by atoms with Crippen molar-refractivity contribution >= 4 is 10.9 Å². The Balaban J connectivity index is 1.70. The van der Waals surface area contributed by atoms with Gasteiger partial charge >= 0.3 is 0 Å². The standard InChI is InChI=1S/C29H41N5O2/c1-6-10-26(34-18-20(2)31-21(3)19-34)28-32-25-17-23(13-14-24(25)29(35)33(28)5)36-27(15-16-30-4)22-11-8-7-9-12-22/h7-9,11-14,17,20-21,26-27,30-31H,6,10,15-16,18-19H2,1-5H3/t20-,21+,26-,27+/m1/s1. The molecule has 4 atom stereocenters. The first-order valence-electron chi connectivity index (χ1n) is 13.3. The smallest absolute Gasteiger partial charge is 0.261 e. The second-order valence-corrected chi connectivity index (χ2v) is 10.1. The second-order valence-electron chi connectivity index (χ2n) is 10.1. The molecular formula is C29H41N5O2. The Morgan fingerprint density at radius 2 is 1.83 bits per heavy atom. The summed E-state index contributed by atoms with van der Waals surface area (Å²) in [6, 6.07) is 16.9. The highest BCUT2D eigenvalue weighted by molar-refractivity contribution is 5.79. The van der Waals surface area contributed by atoms with E-state index in [1.807, 2.05) is 50.5 Å². The van der Waals surface area contributed by atoms with Gasteiger partial charge in [-0.15, -0.1) is 0 Å². The molecule has 0 amide bonds. The zero-order valence-corrected chi connectivity index (χ0v) is 22.3. The maximum atomic E-state index is 13.4. The van der Waals surface area contributed by atoms with Gasteiger partial charge in [0.2, 0.25) is 0 Å². The molecule has 0 bridgehead atoms. The highest BCUT2D eigenvalue weighted by Gasteiger charge is 2.30. The van der Waals surface area contributed by atoms with Gasteiger partial charge in [-0.3, -0.25) is 14.3 Å². The second kappa shape index (κ2) is 12.0. The van der Waals surface area contributed by atoms with Gasteiger partial charge in [-0.25, -0.2) is 4.98 Å². The number of benzene rings is 2. The molecule has 2 aromatic carbocycles. The molecule has 1 aliphatic heterocycles. The highest BCUT2D eigenvalue weighted by atomic mass is 16.5. The zero-order chi connectivity index (χ0) is 25.7. The molecule has 0 spiro atoms. The molecule has 1 aromatic heterocycles. The van der Waals surface area contributed by atoms with Crippen molar-refractivity contribution in [2.24, 2.45) is 7.05 Å². The number of aromatic nitrogens is 2. The average molecular weight is 492 g/mol. The molecule has 1 aliphatic rings. The van der Waals surface area contributed by atoms with Crippen LogP contribution in [0, 0.1) is 0 Å². The minimum absolute atomic E-state index is 0.00585. The molecule has 2 N–H and O–H groups in total. The van der Waals surface area contributed by atoms with Crippen LogP contribution in [-0.2, 0) is 7.05 Å². The fourth-order valence-electron chi connectivity index (χ4n) is 5.41. The number of hydrogen-bond acceptors (Lipinski definition) is 6. The first-order valence-corrected chi connectivity index (χ1v) is 13.3. The lowest BCUT2D eigenvalue weighted by Crippen LogP contribution is -2.55. The highest BCUT2D eigenvalue weighted by Crippen LogP contribution is 2.29. The molecule has 0 radical (unpaired) electrons. The number of rotatable bonds is 10. The largest absolute Gasteiger partial charge is 0.486 e. The van der Waals surface area contributed by atoms with Gasteiger partial charge in [0, 0.05) is 44.7 Å². The Hall–Kier alpha value is -2.74. The molecule has 36 heavy (non-hydrogen) atoms. The quantitative estimate of drug-likeness (QED) is 0.443. The average Bonchev–Trinajstić information content (AvgIpc) is 2.87. The number of ether oxygens (including phenoxy) is 1. The minimum atomic E-state index is -0.0845. The van der Waals surface area contributed by atoms with Crippen LogP contribution in [0.2, 0.25) is 0 Å². The van der Waals surface area contributed by atoms with Crippen molar-refractivity contribution in [2.45, 2.75) is 64.3 Å². The first-order chi connectivity index (χ1) is 17.4. The maximum absolute atomic E-state index is 13.4. The van der Waals surface area contributed by atoms with Gasteiger partial charge in [-0.2, -0.15) is 0 Å². The molecule has 194 valence electrons. The molecule has 3 aromatic rings. The van der Waals surface area contributed by atoms with Crippen LogP contribution in [0.3, 0.4) is 0 Å². The van der Waals surface area contributed by atoms with Crippen molar-refractivity contribution in [2.75, 3.05) is 26.7 Å². The Morgan fingerprint density at radius 1 is 1.11 bits per heavy atom. The molecule has 0 aliphatic carbocycles. The van der Waals surface area contributed by atoms with Crippen LogP contribution < -0.4 is 20.9 Å². The summed E-state index contributed by atoms with van der Waals surface area (Å²) in [4.78, 5) is 21.0. The Kier molecular flexibility index (Phi) is 8.77. The van der Waals surface area contributed by atoms with Gasteiger partial charge in [0.15, 0.2) is 0 Å². The third kappa shape index (κ3) is 5.97. The van der Waals surface area contributed by atoms with Crippen LogP contribution in [-0.4, -0.2) is 53.2 Å². The Bertz CT molecular complexity index is 1190. The summed E-state index contributed by atoms with van der Waals surface area (Å²) in [6.07, 6.45) is 2.74. The number of piperazine rings is 1. The van der Waals surface area contributed by atoms with Crippen molar-refractivity contribution in [1.82, 2.24) is 25.1 Å². The minimum Gasteiger partial charge on any atom is -0.486 e. The lowest BCUT2D eigenvalue weighted by atomic mass is 10.0. The SMILES string of the molecule is CCC[C@H](c1nc2cc(O[C@@H](CCNC)c3ccccc3)ccc2c(=O)n1C)N1C[C@@H](C)N[C@@H](C)C1. The van der Waals surface area contributed by atoms with Crippen LogP contribution in [0.15, 0.2) is 53.3 Å². The van der Waals surface area contributed by atoms with E-state index >= 15 is 0 Å². The summed E-state index contributed by atoms with van der Waals surface area (Å²) in [5, 5.41) is 7.46. The van der Waals surface area contributed by atoms with E-state index in [0.717, 1.165) is 56.0 Å². The van der Waals surface area contributed by atoms with Gasteiger partial charge in [0.25, 0.3) is 5.56 Å². The molecule has 7 heteroatoms. The van der Waals surface area contributed by atoms with Crippen molar-refractivity contribution in [3.8, 4) is 5.75 Å². The molecule has 1 fully saturated rings.